The lowest BCUT2D eigenvalue weighted by Gasteiger charge is -2.30. The number of carbonyl (C=O) groups is 1. The minimum Gasteiger partial charge on any atom is -0.391 e. The second-order valence-electron chi connectivity index (χ2n) is 9.17. The standard InChI is InChI=1S/C23H28N4O4/c1-13(2)20(19-10-14(3)25-30-19)22(29)27-12-16(28)11-18(27)21-24-23(31-26-21)9-8-15-6-4-5-7-17(15)23/h4-7,10,13,16,18,20,28H,8-9,11-12H2,1-3H3,(H,24,26)/t16-,18+,20?,23?/m1/s1. The highest BCUT2D eigenvalue weighted by atomic mass is 16.7. The third-order valence-corrected chi connectivity index (χ3v) is 6.59. The average molecular weight is 425 g/mol. The van der Waals surface area contributed by atoms with Gasteiger partial charge >= 0.3 is 0 Å². The number of β-amino-alcohol motifs (C(OH)–C–C–N with tert-alkyl or cyclic N) is 1. The maximum Gasteiger partial charge on any atom is 0.235 e. The molecule has 5 rings (SSSR count). The molecule has 1 aromatic heterocycles. The first-order valence-electron chi connectivity index (χ1n) is 10.9. The molecule has 8 nitrogen and oxygen atoms in total. The first kappa shape index (κ1) is 20.1. The van der Waals surface area contributed by atoms with Gasteiger partial charge in [0.1, 0.15) is 11.7 Å². The number of rotatable bonds is 4. The SMILES string of the molecule is Cc1cc(C(C(=O)N2C[C@H](O)C[C@H]2C2=NOC3(CCc4ccccc43)N2)C(C)C)on1. The summed E-state index contributed by atoms with van der Waals surface area (Å²) in [4.78, 5) is 21.3. The van der Waals surface area contributed by atoms with E-state index in [1.54, 1.807) is 4.90 Å². The van der Waals surface area contributed by atoms with Crippen LogP contribution in [0.4, 0.5) is 0 Å². The molecule has 0 radical (unpaired) electrons. The van der Waals surface area contributed by atoms with Gasteiger partial charge in [-0.15, -0.1) is 0 Å². The molecule has 164 valence electrons. The lowest BCUT2D eigenvalue weighted by molar-refractivity contribution is -0.134. The maximum absolute atomic E-state index is 13.6. The molecule has 2 N–H and O–H groups in total. The van der Waals surface area contributed by atoms with Crippen LogP contribution in [0.2, 0.25) is 0 Å². The van der Waals surface area contributed by atoms with Gasteiger partial charge in [0.15, 0.2) is 5.84 Å². The molecule has 3 heterocycles. The Kier molecular flexibility index (Phi) is 4.77. The second kappa shape index (κ2) is 7.37. The third-order valence-electron chi connectivity index (χ3n) is 6.59. The summed E-state index contributed by atoms with van der Waals surface area (Å²) in [5.41, 5.74) is 2.38. The van der Waals surface area contributed by atoms with E-state index in [1.165, 1.54) is 5.56 Å². The average Bonchev–Trinajstić information content (AvgIpc) is 3.51. The summed E-state index contributed by atoms with van der Waals surface area (Å²) in [5.74, 6) is 0.596. The third kappa shape index (κ3) is 3.29. The van der Waals surface area contributed by atoms with Crippen molar-refractivity contribution in [1.29, 1.82) is 0 Å². The Morgan fingerprint density at radius 2 is 2.16 bits per heavy atom. The van der Waals surface area contributed by atoms with Crippen LogP contribution in [-0.2, 0) is 21.8 Å². The number of hydrogen-bond donors (Lipinski definition) is 2. The number of oxime groups is 1. The van der Waals surface area contributed by atoms with Crippen LogP contribution in [0.1, 0.15) is 55.2 Å². The van der Waals surface area contributed by atoms with E-state index in [9.17, 15) is 9.90 Å². The van der Waals surface area contributed by atoms with E-state index in [-0.39, 0.29) is 24.4 Å². The van der Waals surface area contributed by atoms with Crippen LogP contribution in [0, 0.1) is 12.8 Å². The monoisotopic (exact) mass is 424 g/mol. The molecule has 2 aromatic rings. The van der Waals surface area contributed by atoms with Gasteiger partial charge in [0.2, 0.25) is 11.6 Å². The minimum atomic E-state index is -0.687. The van der Waals surface area contributed by atoms with Crippen molar-refractivity contribution in [3.63, 3.8) is 0 Å². The van der Waals surface area contributed by atoms with Gasteiger partial charge in [-0.05, 0) is 24.8 Å². The maximum atomic E-state index is 13.6. The van der Waals surface area contributed by atoms with Gasteiger partial charge in [0, 0.05) is 31.0 Å². The summed E-state index contributed by atoms with van der Waals surface area (Å²) in [5, 5.41) is 22.2. The number of benzene rings is 1. The van der Waals surface area contributed by atoms with E-state index >= 15 is 0 Å². The Morgan fingerprint density at radius 3 is 2.90 bits per heavy atom. The summed E-state index contributed by atoms with van der Waals surface area (Å²) in [7, 11) is 0. The normalized spacial score (nSPS) is 27.9. The number of hydrogen-bond acceptors (Lipinski definition) is 7. The molecular weight excluding hydrogens is 396 g/mol. The molecule has 2 aliphatic heterocycles. The summed E-state index contributed by atoms with van der Waals surface area (Å²) < 4.78 is 5.44. The van der Waals surface area contributed by atoms with Crippen LogP contribution in [0.5, 0.6) is 0 Å². The summed E-state index contributed by atoms with van der Waals surface area (Å²) in [6.45, 7) is 6.07. The zero-order valence-corrected chi connectivity index (χ0v) is 18.0. The fraction of sp³-hybridized carbons (Fsp3) is 0.522. The molecule has 0 saturated carbocycles. The number of fused-ring (bicyclic) bond motifs is 2. The van der Waals surface area contributed by atoms with Crippen LogP contribution >= 0.6 is 0 Å². The molecule has 31 heavy (non-hydrogen) atoms. The quantitative estimate of drug-likeness (QED) is 0.782. The molecule has 0 bridgehead atoms. The number of amides is 1. The minimum absolute atomic E-state index is 0.0148. The fourth-order valence-electron chi connectivity index (χ4n) is 5.09. The van der Waals surface area contributed by atoms with Gasteiger partial charge in [-0.3, -0.25) is 4.79 Å². The van der Waals surface area contributed by atoms with Gasteiger partial charge in [-0.25, -0.2) is 0 Å². The lowest BCUT2D eigenvalue weighted by atomic mass is 9.91. The largest absolute Gasteiger partial charge is 0.391 e. The van der Waals surface area contributed by atoms with E-state index in [2.05, 4.69) is 27.8 Å². The Morgan fingerprint density at radius 1 is 1.35 bits per heavy atom. The predicted octanol–water partition coefficient (Wildman–Crippen LogP) is 2.42. The molecule has 2 unspecified atom stereocenters. The number of aromatic nitrogens is 1. The number of aryl methyl sites for hydroxylation is 2. The van der Waals surface area contributed by atoms with Crippen molar-refractivity contribution < 1.29 is 19.3 Å². The number of aliphatic hydroxyl groups excluding tert-OH is 1. The van der Waals surface area contributed by atoms with Crippen LogP contribution in [0.25, 0.3) is 0 Å². The molecule has 1 amide bonds. The first-order chi connectivity index (χ1) is 14.9. The number of nitrogens with one attached hydrogen (secondary N) is 1. The molecular formula is C23H28N4O4. The lowest BCUT2D eigenvalue weighted by Crippen LogP contribution is -2.50. The number of aliphatic hydroxyl groups is 1. The summed E-state index contributed by atoms with van der Waals surface area (Å²) in [6.07, 6.45) is 1.48. The van der Waals surface area contributed by atoms with Crippen molar-refractivity contribution in [1.82, 2.24) is 15.4 Å². The number of amidine groups is 1. The topological polar surface area (TPSA) is 100 Å². The Bertz CT molecular complexity index is 1030. The fourth-order valence-corrected chi connectivity index (χ4v) is 5.09. The Hall–Kier alpha value is -2.87. The van der Waals surface area contributed by atoms with Gasteiger partial charge in [-0.2, -0.15) is 0 Å². The number of likely N-dealkylation sites (tertiary alicyclic amines) is 1. The van der Waals surface area contributed by atoms with E-state index in [1.807, 2.05) is 39.0 Å². The van der Waals surface area contributed by atoms with E-state index in [0.29, 0.717) is 18.0 Å². The van der Waals surface area contributed by atoms with Crippen molar-refractivity contribution in [2.24, 2.45) is 11.1 Å². The van der Waals surface area contributed by atoms with Crippen LogP contribution in [-0.4, -0.2) is 45.6 Å². The molecule has 8 heteroatoms. The van der Waals surface area contributed by atoms with Crippen molar-refractivity contribution in [2.75, 3.05) is 6.54 Å². The van der Waals surface area contributed by atoms with E-state index in [4.69, 9.17) is 9.36 Å². The summed E-state index contributed by atoms with van der Waals surface area (Å²) in [6, 6.07) is 9.62. The van der Waals surface area contributed by atoms with Crippen molar-refractivity contribution in [3.8, 4) is 0 Å². The summed E-state index contributed by atoms with van der Waals surface area (Å²) >= 11 is 0. The predicted molar refractivity (Wildman–Crippen MR) is 113 cm³/mol. The van der Waals surface area contributed by atoms with Crippen LogP contribution in [0.3, 0.4) is 0 Å². The zero-order valence-electron chi connectivity index (χ0n) is 18.0. The molecule has 1 aliphatic carbocycles. The molecule has 4 atom stereocenters. The van der Waals surface area contributed by atoms with Gasteiger partial charge < -0.3 is 24.7 Å². The van der Waals surface area contributed by atoms with Gasteiger partial charge in [0.25, 0.3) is 0 Å². The van der Waals surface area contributed by atoms with Crippen molar-refractivity contribution >= 4 is 11.7 Å². The van der Waals surface area contributed by atoms with Crippen LogP contribution in [0.15, 0.2) is 40.0 Å². The Balaban J connectivity index is 1.40. The number of carbonyl (C=O) groups excluding carboxylic acids is 1. The Labute approximate surface area is 181 Å². The second-order valence-corrected chi connectivity index (χ2v) is 9.17. The van der Waals surface area contributed by atoms with Crippen molar-refractivity contribution in [2.45, 2.75) is 63.8 Å². The molecule has 3 aliphatic rings. The number of nitrogens with zero attached hydrogens (tertiary/aromatic N) is 3. The molecule has 1 aromatic carbocycles. The van der Waals surface area contributed by atoms with E-state index < -0.39 is 17.7 Å². The molecule has 1 spiro atoms. The van der Waals surface area contributed by atoms with Gasteiger partial charge in [0.05, 0.1) is 17.8 Å². The highest BCUT2D eigenvalue weighted by Crippen LogP contribution is 2.41. The smallest absolute Gasteiger partial charge is 0.235 e. The van der Waals surface area contributed by atoms with E-state index in [0.717, 1.165) is 24.1 Å². The highest BCUT2D eigenvalue weighted by Gasteiger charge is 2.50. The molecule has 1 saturated heterocycles. The van der Waals surface area contributed by atoms with Crippen LogP contribution < -0.4 is 5.32 Å². The zero-order chi connectivity index (χ0) is 21.8. The first-order valence-corrected chi connectivity index (χ1v) is 10.9. The van der Waals surface area contributed by atoms with Crippen molar-refractivity contribution in [3.05, 3.63) is 52.9 Å². The molecule has 1 fully saturated rings. The van der Waals surface area contributed by atoms with Gasteiger partial charge in [-0.1, -0.05) is 48.4 Å². The highest BCUT2D eigenvalue weighted by molar-refractivity contribution is 5.94.